The first kappa shape index (κ1) is 23.5. The Kier molecular flexibility index (Phi) is 5.80. The SMILES string of the molecule is NS(=O)(=O)NCCCOC1C2CC3CC1CC(C(O)CC1c4c(F)cccc4-c4cncn41)(C3)C2. The summed E-state index contributed by atoms with van der Waals surface area (Å²) in [4.78, 5) is 4.28. The summed E-state index contributed by atoms with van der Waals surface area (Å²) in [6.07, 6.45) is 9.33. The monoisotopic (exact) mass is 504 g/mol. The molecule has 4 saturated carbocycles. The number of aromatic nitrogens is 2. The van der Waals surface area contributed by atoms with Crippen molar-refractivity contribution in [3.63, 3.8) is 0 Å². The smallest absolute Gasteiger partial charge is 0.274 e. The van der Waals surface area contributed by atoms with Crippen molar-refractivity contribution < 1.29 is 22.7 Å². The number of hydrogen-bond donors (Lipinski definition) is 3. The largest absolute Gasteiger partial charge is 0.392 e. The fraction of sp³-hybridized carbons (Fsp3) is 0.640. The minimum absolute atomic E-state index is 0.152. The molecule has 190 valence electrons. The van der Waals surface area contributed by atoms with Gasteiger partial charge < -0.3 is 14.4 Å². The number of hydrogen-bond acceptors (Lipinski definition) is 5. The van der Waals surface area contributed by atoms with E-state index >= 15 is 0 Å². The van der Waals surface area contributed by atoms with Crippen LogP contribution in [0.15, 0.2) is 30.7 Å². The van der Waals surface area contributed by atoms with Crippen LogP contribution in [0.25, 0.3) is 11.3 Å². The molecule has 0 amide bonds. The van der Waals surface area contributed by atoms with Gasteiger partial charge in [-0.15, -0.1) is 0 Å². The highest BCUT2D eigenvalue weighted by Gasteiger charge is 2.58. The summed E-state index contributed by atoms with van der Waals surface area (Å²) >= 11 is 0. The maximum atomic E-state index is 14.9. The molecule has 1 aromatic carbocycles. The van der Waals surface area contributed by atoms with Crippen LogP contribution < -0.4 is 9.86 Å². The average molecular weight is 505 g/mol. The Hall–Kier alpha value is -1.85. The molecular weight excluding hydrogens is 471 g/mol. The predicted molar refractivity (Wildman–Crippen MR) is 128 cm³/mol. The lowest BCUT2D eigenvalue weighted by molar-refractivity contribution is -0.189. The molecule has 4 N–H and O–H groups in total. The molecule has 0 radical (unpaired) electrons. The second kappa shape index (κ2) is 8.62. The van der Waals surface area contributed by atoms with E-state index in [1.54, 1.807) is 18.6 Å². The fourth-order valence-corrected chi connectivity index (χ4v) is 8.35. The second-order valence-electron chi connectivity index (χ2n) is 11.1. The van der Waals surface area contributed by atoms with Crippen LogP contribution in [-0.2, 0) is 14.9 Å². The van der Waals surface area contributed by atoms with Gasteiger partial charge in [0.15, 0.2) is 0 Å². The third-order valence-corrected chi connectivity index (χ3v) is 9.59. The molecule has 2 heterocycles. The molecule has 8 nitrogen and oxygen atoms in total. The van der Waals surface area contributed by atoms with Crippen LogP contribution >= 0.6 is 0 Å². The molecule has 1 aromatic heterocycles. The van der Waals surface area contributed by atoms with Gasteiger partial charge in [-0.3, -0.25) is 0 Å². The molecule has 7 rings (SSSR count). The van der Waals surface area contributed by atoms with Gasteiger partial charge in [0, 0.05) is 24.3 Å². The Morgan fingerprint density at radius 3 is 2.80 bits per heavy atom. The van der Waals surface area contributed by atoms with E-state index in [1.165, 1.54) is 6.07 Å². The summed E-state index contributed by atoms with van der Waals surface area (Å²) in [5, 5.41) is 16.7. The Balaban J connectivity index is 1.15. The van der Waals surface area contributed by atoms with Gasteiger partial charge in [0.2, 0.25) is 0 Å². The Labute approximate surface area is 205 Å². The molecule has 2 aromatic rings. The van der Waals surface area contributed by atoms with E-state index in [9.17, 15) is 17.9 Å². The lowest BCUT2D eigenvalue weighted by Gasteiger charge is -2.61. The van der Waals surface area contributed by atoms with Gasteiger partial charge in [0.25, 0.3) is 10.2 Å². The first-order chi connectivity index (χ1) is 16.7. The van der Waals surface area contributed by atoms with Crippen LogP contribution in [0, 0.1) is 29.0 Å². The normalized spacial score (nSPS) is 33.6. The third-order valence-electron chi connectivity index (χ3n) is 8.99. The quantitative estimate of drug-likeness (QED) is 0.454. The predicted octanol–water partition coefficient (Wildman–Crippen LogP) is 2.74. The van der Waals surface area contributed by atoms with Crippen LogP contribution in [0.2, 0.25) is 0 Å². The zero-order valence-corrected chi connectivity index (χ0v) is 20.5. The molecule has 4 bridgehead atoms. The minimum atomic E-state index is -3.67. The summed E-state index contributed by atoms with van der Waals surface area (Å²) in [6.45, 7) is 0.754. The molecule has 4 fully saturated rings. The molecule has 0 saturated heterocycles. The summed E-state index contributed by atoms with van der Waals surface area (Å²) in [6, 6.07) is 4.92. The van der Waals surface area contributed by atoms with Crippen LogP contribution in [0.1, 0.15) is 56.6 Å². The van der Waals surface area contributed by atoms with Gasteiger partial charge in [0.1, 0.15) is 5.82 Å². The number of imidazole rings is 1. The van der Waals surface area contributed by atoms with Crippen molar-refractivity contribution in [2.45, 2.75) is 63.2 Å². The zero-order valence-electron chi connectivity index (χ0n) is 19.6. The number of aliphatic hydroxyl groups is 1. The number of nitrogens with two attached hydrogens (primary N) is 1. The van der Waals surface area contributed by atoms with E-state index in [0.29, 0.717) is 42.8 Å². The third kappa shape index (κ3) is 4.13. The average Bonchev–Trinajstić information content (AvgIpc) is 3.37. The van der Waals surface area contributed by atoms with Crippen molar-refractivity contribution in [3.05, 3.63) is 42.1 Å². The summed E-state index contributed by atoms with van der Waals surface area (Å²) in [5.41, 5.74) is 2.30. The number of benzene rings is 1. The number of aliphatic hydroxyl groups excluding tert-OH is 1. The number of halogens is 1. The number of fused-ring (bicyclic) bond motifs is 3. The Morgan fingerprint density at radius 1 is 1.29 bits per heavy atom. The summed E-state index contributed by atoms with van der Waals surface area (Å²) < 4.78 is 47.6. The summed E-state index contributed by atoms with van der Waals surface area (Å²) in [5.74, 6) is 1.18. The van der Waals surface area contributed by atoms with Gasteiger partial charge in [-0.1, -0.05) is 12.1 Å². The summed E-state index contributed by atoms with van der Waals surface area (Å²) in [7, 11) is -3.67. The van der Waals surface area contributed by atoms with E-state index in [1.807, 2.05) is 10.6 Å². The molecule has 10 heteroatoms. The van der Waals surface area contributed by atoms with E-state index < -0.39 is 16.3 Å². The van der Waals surface area contributed by atoms with Crippen molar-refractivity contribution in [2.75, 3.05) is 13.2 Å². The number of ether oxygens (including phenoxy) is 1. The minimum Gasteiger partial charge on any atom is -0.392 e. The van der Waals surface area contributed by atoms with Crippen molar-refractivity contribution in [3.8, 4) is 11.3 Å². The first-order valence-corrected chi connectivity index (χ1v) is 14.2. The van der Waals surface area contributed by atoms with Crippen LogP contribution in [0.4, 0.5) is 4.39 Å². The maximum Gasteiger partial charge on any atom is 0.274 e. The molecule has 35 heavy (non-hydrogen) atoms. The highest BCUT2D eigenvalue weighted by molar-refractivity contribution is 7.87. The highest BCUT2D eigenvalue weighted by atomic mass is 32.2. The number of rotatable bonds is 9. The van der Waals surface area contributed by atoms with Gasteiger partial charge in [-0.2, -0.15) is 8.42 Å². The maximum absolute atomic E-state index is 14.9. The molecule has 5 aliphatic rings. The molecule has 4 atom stereocenters. The molecule has 4 aliphatic carbocycles. The van der Waals surface area contributed by atoms with Crippen molar-refractivity contribution >= 4 is 10.2 Å². The molecular formula is C25H33FN4O4S. The standard InChI is InChI=1S/C25H33FN4O4S/c26-19-4-1-3-18-21-13-28-14-30(21)20(23(18)19)9-22(31)25-10-15-7-16(11-25)24(17(8-15)12-25)34-6-2-5-29-35(27,32)33/h1,3-4,13-17,20,22,24,29,31H,2,5-12H2,(H2,27,32,33). The molecule has 4 unspecified atom stereocenters. The topological polar surface area (TPSA) is 119 Å². The van der Waals surface area contributed by atoms with Gasteiger partial charge in [-0.25, -0.2) is 19.2 Å². The van der Waals surface area contributed by atoms with E-state index in [-0.39, 0.29) is 29.9 Å². The lowest BCUT2D eigenvalue weighted by atomic mass is 9.46. The highest BCUT2D eigenvalue weighted by Crippen LogP contribution is 2.63. The fourth-order valence-electron chi connectivity index (χ4n) is 7.92. The van der Waals surface area contributed by atoms with Gasteiger partial charge in [-0.05, 0) is 74.2 Å². The van der Waals surface area contributed by atoms with Gasteiger partial charge in [0.05, 0.1) is 36.5 Å². The van der Waals surface area contributed by atoms with E-state index in [2.05, 4.69) is 9.71 Å². The number of nitrogens with one attached hydrogen (secondary N) is 1. The number of nitrogens with zero attached hydrogens (tertiary/aromatic N) is 2. The van der Waals surface area contributed by atoms with Crippen molar-refractivity contribution in [1.82, 2.24) is 14.3 Å². The van der Waals surface area contributed by atoms with Crippen LogP contribution in [0.3, 0.4) is 0 Å². The van der Waals surface area contributed by atoms with Crippen molar-refractivity contribution in [2.24, 2.45) is 28.3 Å². The van der Waals surface area contributed by atoms with Gasteiger partial charge >= 0.3 is 0 Å². The Bertz CT molecular complexity index is 1200. The zero-order chi connectivity index (χ0) is 24.4. The van der Waals surface area contributed by atoms with Crippen molar-refractivity contribution in [1.29, 1.82) is 0 Å². The van der Waals surface area contributed by atoms with Crippen LogP contribution in [-0.4, -0.2) is 48.4 Å². The first-order valence-electron chi connectivity index (χ1n) is 12.6. The Morgan fingerprint density at radius 2 is 2.06 bits per heavy atom. The molecule has 0 spiro atoms. The second-order valence-corrected chi connectivity index (χ2v) is 12.5. The molecule has 1 aliphatic heterocycles. The van der Waals surface area contributed by atoms with E-state index in [4.69, 9.17) is 9.88 Å². The van der Waals surface area contributed by atoms with E-state index in [0.717, 1.165) is 43.4 Å². The van der Waals surface area contributed by atoms with Crippen LogP contribution in [0.5, 0.6) is 0 Å². The lowest BCUT2D eigenvalue weighted by Crippen LogP contribution is -2.58.